The number of halogens is 1. The third kappa shape index (κ3) is 3.94. The second-order valence-electron chi connectivity index (χ2n) is 6.56. The maximum atomic E-state index is 12.7. The van der Waals surface area contributed by atoms with E-state index in [1.807, 2.05) is 4.90 Å². The van der Waals surface area contributed by atoms with Crippen molar-refractivity contribution >= 4 is 50.4 Å². The number of hydrogen-bond acceptors (Lipinski definition) is 5. The average Bonchev–Trinajstić information content (AvgIpc) is 3.17. The molecule has 1 unspecified atom stereocenters. The maximum Gasteiger partial charge on any atom is 0.264 e. The van der Waals surface area contributed by atoms with E-state index in [-0.39, 0.29) is 18.3 Å². The molecule has 2 saturated heterocycles. The first-order chi connectivity index (χ1) is 11.3. The molecule has 2 aromatic rings. The summed E-state index contributed by atoms with van der Waals surface area (Å²) in [5.41, 5.74) is 0. The van der Waals surface area contributed by atoms with Crippen molar-refractivity contribution in [2.75, 3.05) is 45.8 Å². The fraction of sp³-hybridized carbons (Fsp3) is 0.588. The number of hydrogen-bond donors (Lipinski definition) is 1. The van der Waals surface area contributed by atoms with Crippen LogP contribution in [-0.2, 0) is 0 Å². The van der Waals surface area contributed by atoms with E-state index in [4.69, 9.17) is 0 Å². The van der Waals surface area contributed by atoms with E-state index in [1.165, 1.54) is 35.3 Å². The number of carbonyl (C=O) groups is 1. The molecular weight excluding hydrogens is 362 g/mol. The van der Waals surface area contributed by atoms with Crippen molar-refractivity contribution in [3.05, 3.63) is 22.4 Å². The first kappa shape index (κ1) is 18.1. The van der Waals surface area contributed by atoms with Crippen LogP contribution in [0.2, 0.25) is 0 Å². The topological polar surface area (TPSA) is 35.6 Å². The number of piperidine rings is 1. The fourth-order valence-corrected chi connectivity index (χ4v) is 5.68. The number of nitrogens with one attached hydrogen (secondary N) is 1. The number of thiophene rings is 2. The number of nitrogens with zero attached hydrogens (tertiary/aromatic N) is 2. The number of rotatable bonds is 3. The van der Waals surface area contributed by atoms with E-state index in [9.17, 15) is 4.79 Å². The summed E-state index contributed by atoms with van der Waals surface area (Å²) in [6.07, 6.45) is 2.65. The van der Waals surface area contributed by atoms with E-state index >= 15 is 0 Å². The summed E-state index contributed by atoms with van der Waals surface area (Å²) in [7, 11) is 0. The van der Waals surface area contributed by atoms with Gasteiger partial charge in [0.25, 0.3) is 5.91 Å². The van der Waals surface area contributed by atoms with Gasteiger partial charge in [-0.05, 0) is 49.4 Å². The predicted octanol–water partition coefficient (Wildman–Crippen LogP) is 3.14. The predicted molar refractivity (Wildman–Crippen MR) is 105 cm³/mol. The Labute approximate surface area is 157 Å². The van der Waals surface area contributed by atoms with Crippen LogP contribution in [0.25, 0.3) is 9.40 Å². The molecule has 4 rings (SSSR count). The normalized spacial score (nSPS) is 22.5. The highest BCUT2D eigenvalue weighted by Gasteiger charge is 2.25. The zero-order valence-electron chi connectivity index (χ0n) is 13.7. The van der Waals surface area contributed by atoms with Gasteiger partial charge in [0.2, 0.25) is 0 Å². The average molecular weight is 386 g/mol. The molecule has 0 aromatic carbocycles. The molecule has 0 spiro atoms. The standard InChI is InChI=1S/C17H23N3OS2.ClH/c21-17(16-10-15-14(23-16)3-9-22-15)20-7-5-19(6-8-20)12-13-2-1-4-18-11-13;/h3,9-10,13,18H,1-2,4-8,11-12H2;1H. The second-order valence-corrected chi connectivity index (χ2v) is 8.60. The molecule has 2 aliphatic rings. The first-order valence-electron chi connectivity index (χ1n) is 8.49. The van der Waals surface area contributed by atoms with E-state index in [1.54, 1.807) is 22.7 Å². The van der Waals surface area contributed by atoms with Crippen molar-refractivity contribution in [3.8, 4) is 0 Å². The van der Waals surface area contributed by atoms with Crippen LogP contribution in [0.3, 0.4) is 0 Å². The van der Waals surface area contributed by atoms with Crippen molar-refractivity contribution in [1.82, 2.24) is 15.1 Å². The molecule has 132 valence electrons. The molecule has 4 heterocycles. The highest BCUT2D eigenvalue weighted by atomic mass is 35.5. The molecule has 7 heteroatoms. The highest BCUT2D eigenvalue weighted by Crippen LogP contribution is 2.30. The van der Waals surface area contributed by atoms with E-state index in [2.05, 4.69) is 27.7 Å². The number of carbonyl (C=O) groups excluding carboxylic acids is 1. The Morgan fingerprint density at radius 1 is 1.25 bits per heavy atom. The molecule has 24 heavy (non-hydrogen) atoms. The largest absolute Gasteiger partial charge is 0.335 e. The molecule has 0 saturated carbocycles. The van der Waals surface area contributed by atoms with Crippen molar-refractivity contribution in [1.29, 1.82) is 0 Å². The summed E-state index contributed by atoms with van der Waals surface area (Å²) in [5.74, 6) is 1.01. The van der Waals surface area contributed by atoms with Gasteiger partial charge in [-0.15, -0.1) is 35.1 Å². The highest BCUT2D eigenvalue weighted by molar-refractivity contribution is 7.27. The molecule has 0 radical (unpaired) electrons. The van der Waals surface area contributed by atoms with E-state index in [0.717, 1.165) is 43.5 Å². The van der Waals surface area contributed by atoms with Crippen LogP contribution in [-0.4, -0.2) is 61.5 Å². The third-order valence-corrected chi connectivity index (χ3v) is 7.01. The van der Waals surface area contributed by atoms with Crippen LogP contribution in [0.4, 0.5) is 0 Å². The van der Waals surface area contributed by atoms with Gasteiger partial charge in [0.15, 0.2) is 0 Å². The van der Waals surface area contributed by atoms with Crippen molar-refractivity contribution < 1.29 is 4.79 Å². The Morgan fingerprint density at radius 3 is 2.79 bits per heavy atom. The molecule has 2 aromatic heterocycles. The van der Waals surface area contributed by atoms with Crippen LogP contribution in [0, 0.1) is 5.92 Å². The number of amides is 1. The van der Waals surface area contributed by atoms with Crippen LogP contribution < -0.4 is 5.32 Å². The number of piperazine rings is 1. The lowest BCUT2D eigenvalue weighted by Crippen LogP contribution is -2.50. The Morgan fingerprint density at radius 2 is 2.08 bits per heavy atom. The quantitative estimate of drug-likeness (QED) is 0.881. The summed E-state index contributed by atoms with van der Waals surface area (Å²) in [6.45, 7) is 7.28. The lowest BCUT2D eigenvalue weighted by atomic mass is 9.99. The summed E-state index contributed by atoms with van der Waals surface area (Å²) in [6, 6.07) is 4.17. The minimum Gasteiger partial charge on any atom is -0.335 e. The SMILES string of the molecule is Cl.O=C(c1cc2sccc2s1)N1CCN(CC2CCCNC2)CC1. The van der Waals surface area contributed by atoms with Crippen LogP contribution in [0.5, 0.6) is 0 Å². The number of fused-ring (bicyclic) bond motifs is 1. The Bertz CT molecular complexity index is 644. The molecular formula is C17H24ClN3OS2. The molecule has 0 bridgehead atoms. The molecule has 2 fully saturated rings. The van der Waals surface area contributed by atoms with Crippen LogP contribution in [0.15, 0.2) is 17.5 Å². The Kier molecular flexibility index (Phi) is 6.16. The zero-order valence-corrected chi connectivity index (χ0v) is 16.2. The minimum atomic E-state index is 0. The van der Waals surface area contributed by atoms with Gasteiger partial charge in [0.1, 0.15) is 0 Å². The molecule has 2 aliphatic heterocycles. The van der Waals surface area contributed by atoms with Gasteiger partial charge in [-0.2, -0.15) is 0 Å². The molecule has 1 atom stereocenters. The van der Waals surface area contributed by atoms with Crippen LogP contribution in [0.1, 0.15) is 22.5 Å². The maximum absolute atomic E-state index is 12.7. The monoisotopic (exact) mass is 385 g/mol. The minimum absolute atomic E-state index is 0. The fourth-order valence-electron chi connectivity index (χ4n) is 3.61. The van der Waals surface area contributed by atoms with Crippen molar-refractivity contribution in [2.45, 2.75) is 12.8 Å². The van der Waals surface area contributed by atoms with Gasteiger partial charge < -0.3 is 10.2 Å². The van der Waals surface area contributed by atoms with E-state index in [0.29, 0.717) is 0 Å². The van der Waals surface area contributed by atoms with Crippen molar-refractivity contribution in [2.24, 2.45) is 5.92 Å². The molecule has 1 N–H and O–H groups in total. The smallest absolute Gasteiger partial charge is 0.264 e. The summed E-state index contributed by atoms with van der Waals surface area (Å²) in [5, 5.41) is 5.59. The molecule has 1 amide bonds. The first-order valence-corrected chi connectivity index (χ1v) is 10.2. The van der Waals surface area contributed by atoms with Gasteiger partial charge in [0.05, 0.1) is 4.88 Å². The van der Waals surface area contributed by atoms with Gasteiger partial charge >= 0.3 is 0 Å². The van der Waals surface area contributed by atoms with Gasteiger partial charge in [-0.25, -0.2) is 0 Å². The summed E-state index contributed by atoms with van der Waals surface area (Å²) in [4.78, 5) is 18.1. The van der Waals surface area contributed by atoms with E-state index < -0.39 is 0 Å². The second kappa shape index (κ2) is 8.15. The lowest BCUT2D eigenvalue weighted by molar-refractivity contribution is 0.0614. The molecule has 4 nitrogen and oxygen atoms in total. The summed E-state index contributed by atoms with van der Waals surface area (Å²) >= 11 is 3.35. The Hall–Kier alpha value is -0.660. The zero-order chi connectivity index (χ0) is 15.6. The molecule has 0 aliphatic carbocycles. The van der Waals surface area contributed by atoms with Gasteiger partial charge in [-0.3, -0.25) is 9.69 Å². The van der Waals surface area contributed by atoms with Gasteiger partial charge in [0, 0.05) is 42.1 Å². The lowest BCUT2D eigenvalue weighted by Gasteiger charge is -2.37. The van der Waals surface area contributed by atoms with Crippen LogP contribution >= 0.6 is 35.1 Å². The summed E-state index contributed by atoms with van der Waals surface area (Å²) < 4.78 is 2.48. The van der Waals surface area contributed by atoms with Gasteiger partial charge in [-0.1, -0.05) is 0 Å². The van der Waals surface area contributed by atoms with Crippen molar-refractivity contribution in [3.63, 3.8) is 0 Å². The third-order valence-electron chi connectivity index (χ3n) is 4.93. The Balaban J connectivity index is 0.00000169.